The van der Waals surface area contributed by atoms with E-state index >= 15 is 0 Å². The monoisotopic (exact) mass is 404 g/mol. The maximum atomic E-state index is 13.3. The Morgan fingerprint density at radius 3 is 2.62 bits per heavy atom. The maximum absolute atomic E-state index is 13.3. The van der Waals surface area contributed by atoms with E-state index in [0.717, 1.165) is 12.3 Å². The van der Waals surface area contributed by atoms with Gasteiger partial charge in [0, 0.05) is 11.1 Å². The molecule has 0 aliphatic carbocycles. The largest absolute Gasteiger partial charge is 0.417 e. The lowest BCUT2D eigenvalue weighted by atomic mass is 10.1. The zero-order valence-corrected chi connectivity index (χ0v) is 14.6. The predicted molar refractivity (Wildman–Crippen MR) is 96.8 cm³/mol. The molecule has 1 amide bonds. The average molecular weight is 404 g/mol. The Kier molecular flexibility index (Phi) is 3.99. The second-order valence-corrected chi connectivity index (χ2v) is 6.26. The highest BCUT2D eigenvalue weighted by Gasteiger charge is 2.33. The molecule has 4 rings (SSSR count). The second kappa shape index (κ2) is 6.29. The zero-order valence-electron chi connectivity index (χ0n) is 14.6. The van der Waals surface area contributed by atoms with Gasteiger partial charge in [0.25, 0.3) is 11.5 Å². The van der Waals surface area contributed by atoms with Gasteiger partial charge in [-0.1, -0.05) is 0 Å². The molecule has 29 heavy (non-hydrogen) atoms. The summed E-state index contributed by atoms with van der Waals surface area (Å²) in [6, 6.07) is 3.39. The summed E-state index contributed by atoms with van der Waals surface area (Å²) in [7, 11) is 0. The topological polar surface area (TPSA) is 136 Å². The molecule has 0 radical (unpaired) electrons. The van der Waals surface area contributed by atoms with Crippen LogP contribution in [0.15, 0.2) is 34.0 Å². The van der Waals surface area contributed by atoms with E-state index < -0.39 is 28.9 Å². The van der Waals surface area contributed by atoms with Gasteiger partial charge in [-0.3, -0.25) is 24.7 Å². The van der Waals surface area contributed by atoms with Crippen molar-refractivity contribution in [3.8, 4) is 0 Å². The van der Waals surface area contributed by atoms with Gasteiger partial charge in [-0.15, -0.1) is 0 Å². The standard InChI is InChI=1S/C17H11F3N6O3/c1-6-2-11(23-13-12(6)15(28)25-16(29)24-13)14(27)22-7-3-9(17(18,19)20)8-5-21-26-10(8)4-7/h2-5H,1H3,(H,21,26)(H,22,27)(H2,23,24,25,28,29). The number of carbonyl (C=O) groups excluding carboxylic acids is 1. The lowest BCUT2D eigenvalue weighted by Crippen LogP contribution is -2.24. The van der Waals surface area contributed by atoms with Gasteiger partial charge in [-0.05, 0) is 30.7 Å². The van der Waals surface area contributed by atoms with E-state index in [9.17, 15) is 27.6 Å². The minimum absolute atomic E-state index is 0.0913. The number of rotatable bonds is 2. The van der Waals surface area contributed by atoms with E-state index in [1.807, 2.05) is 0 Å². The highest BCUT2D eigenvalue weighted by molar-refractivity contribution is 6.05. The molecular weight excluding hydrogens is 393 g/mol. The predicted octanol–water partition coefficient (Wildman–Crippen LogP) is 2.07. The van der Waals surface area contributed by atoms with Crippen LogP contribution in [0.2, 0.25) is 0 Å². The number of hydrogen-bond donors (Lipinski definition) is 4. The molecule has 0 bridgehead atoms. The van der Waals surface area contributed by atoms with Crippen LogP contribution < -0.4 is 16.6 Å². The summed E-state index contributed by atoms with van der Waals surface area (Å²) in [6.45, 7) is 1.53. The molecule has 0 saturated heterocycles. The smallest absolute Gasteiger partial charge is 0.321 e. The Balaban J connectivity index is 1.77. The van der Waals surface area contributed by atoms with E-state index in [1.165, 1.54) is 19.1 Å². The normalized spacial score (nSPS) is 11.9. The molecule has 0 saturated carbocycles. The molecule has 0 aliphatic rings. The lowest BCUT2D eigenvalue weighted by molar-refractivity contribution is -0.136. The van der Waals surface area contributed by atoms with E-state index in [1.54, 1.807) is 0 Å². The third kappa shape index (κ3) is 3.24. The number of H-pyrrole nitrogens is 3. The fourth-order valence-electron chi connectivity index (χ4n) is 3.02. The van der Waals surface area contributed by atoms with Crippen LogP contribution in [0.5, 0.6) is 0 Å². The van der Waals surface area contributed by atoms with Gasteiger partial charge in [0.15, 0.2) is 0 Å². The molecule has 0 aliphatic heterocycles. The van der Waals surface area contributed by atoms with Gasteiger partial charge in [-0.2, -0.15) is 18.3 Å². The molecule has 0 unspecified atom stereocenters. The number of aromatic amines is 3. The number of nitrogens with zero attached hydrogens (tertiary/aromatic N) is 2. The van der Waals surface area contributed by atoms with Crippen molar-refractivity contribution in [2.45, 2.75) is 13.1 Å². The minimum Gasteiger partial charge on any atom is -0.321 e. The average Bonchev–Trinajstić information content (AvgIpc) is 3.07. The summed E-state index contributed by atoms with van der Waals surface area (Å²) < 4.78 is 39.9. The number of pyridine rings is 1. The first kappa shape index (κ1) is 18.4. The molecular formula is C17H11F3N6O3. The van der Waals surface area contributed by atoms with E-state index in [0.29, 0.717) is 5.56 Å². The van der Waals surface area contributed by atoms with Crippen LogP contribution in [0.1, 0.15) is 21.6 Å². The third-order valence-electron chi connectivity index (χ3n) is 4.26. The molecule has 0 spiro atoms. The number of amides is 1. The van der Waals surface area contributed by atoms with Crippen molar-refractivity contribution >= 4 is 33.5 Å². The summed E-state index contributed by atoms with van der Waals surface area (Å²) in [4.78, 5) is 44.2. The third-order valence-corrected chi connectivity index (χ3v) is 4.26. The van der Waals surface area contributed by atoms with Crippen molar-refractivity contribution < 1.29 is 18.0 Å². The van der Waals surface area contributed by atoms with Crippen molar-refractivity contribution in [2.24, 2.45) is 0 Å². The second-order valence-electron chi connectivity index (χ2n) is 6.26. The number of carbonyl (C=O) groups is 1. The maximum Gasteiger partial charge on any atom is 0.417 e. The summed E-state index contributed by atoms with van der Waals surface area (Å²) >= 11 is 0. The van der Waals surface area contributed by atoms with Crippen molar-refractivity contribution in [1.82, 2.24) is 25.1 Å². The number of alkyl halides is 3. The van der Waals surface area contributed by atoms with Gasteiger partial charge in [0.05, 0.1) is 22.7 Å². The number of nitrogens with one attached hydrogen (secondary N) is 4. The van der Waals surface area contributed by atoms with Crippen LogP contribution >= 0.6 is 0 Å². The first-order valence-electron chi connectivity index (χ1n) is 8.13. The molecule has 148 valence electrons. The van der Waals surface area contributed by atoms with Gasteiger partial charge in [0.1, 0.15) is 11.3 Å². The van der Waals surface area contributed by atoms with E-state index in [2.05, 4.69) is 30.5 Å². The van der Waals surface area contributed by atoms with Crippen molar-refractivity contribution in [2.75, 3.05) is 5.32 Å². The number of anilines is 1. The number of aryl methyl sites for hydroxylation is 1. The molecule has 3 aromatic heterocycles. The number of fused-ring (bicyclic) bond motifs is 2. The summed E-state index contributed by atoms with van der Waals surface area (Å²) in [5.41, 5.74) is -2.40. The van der Waals surface area contributed by atoms with Crippen LogP contribution in [0.3, 0.4) is 0 Å². The molecule has 0 atom stereocenters. The molecule has 12 heteroatoms. The first-order valence-corrected chi connectivity index (χ1v) is 8.13. The molecule has 4 N–H and O–H groups in total. The summed E-state index contributed by atoms with van der Waals surface area (Å²) in [5.74, 6) is -0.817. The Hall–Kier alpha value is -3.96. The highest BCUT2D eigenvalue weighted by Crippen LogP contribution is 2.36. The SMILES string of the molecule is Cc1cc(C(=O)Nc2cc(C(F)(F)F)c3cn[nH]c3c2)nc2[nH]c(=O)[nH]c(=O)c12. The Morgan fingerprint density at radius 1 is 1.14 bits per heavy atom. The quantitative estimate of drug-likeness (QED) is 0.405. The van der Waals surface area contributed by atoms with Crippen LogP contribution in [0.4, 0.5) is 18.9 Å². The van der Waals surface area contributed by atoms with Crippen LogP contribution in [-0.2, 0) is 6.18 Å². The molecule has 9 nitrogen and oxygen atoms in total. The van der Waals surface area contributed by atoms with Gasteiger partial charge in [0.2, 0.25) is 0 Å². The molecule has 1 aromatic carbocycles. The lowest BCUT2D eigenvalue weighted by Gasteiger charge is -2.12. The van der Waals surface area contributed by atoms with Crippen LogP contribution in [0.25, 0.3) is 21.9 Å². The fraction of sp³-hybridized carbons (Fsp3) is 0.118. The van der Waals surface area contributed by atoms with Crippen LogP contribution in [0, 0.1) is 6.92 Å². The Bertz CT molecular complexity index is 1400. The van der Waals surface area contributed by atoms with Crippen molar-refractivity contribution in [1.29, 1.82) is 0 Å². The number of halogens is 3. The Morgan fingerprint density at radius 2 is 1.90 bits per heavy atom. The number of benzene rings is 1. The zero-order chi connectivity index (χ0) is 20.9. The number of aromatic nitrogens is 5. The highest BCUT2D eigenvalue weighted by atomic mass is 19.4. The van der Waals surface area contributed by atoms with Crippen molar-refractivity contribution in [3.63, 3.8) is 0 Å². The molecule has 3 heterocycles. The first-order chi connectivity index (χ1) is 13.6. The van der Waals surface area contributed by atoms with Crippen LogP contribution in [-0.4, -0.2) is 31.1 Å². The van der Waals surface area contributed by atoms with Gasteiger partial charge in [-0.25, -0.2) is 9.78 Å². The molecule has 0 fully saturated rings. The Labute approximate surface area is 158 Å². The summed E-state index contributed by atoms with van der Waals surface area (Å²) in [5, 5.41) is 8.35. The molecule has 4 aromatic rings. The summed E-state index contributed by atoms with van der Waals surface area (Å²) in [6.07, 6.45) is -3.60. The van der Waals surface area contributed by atoms with E-state index in [4.69, 9.17) is 0 Å². The number of hydrogen-bond acceptors (Lipinski definition) is 5. The van der Waals surface area contributed by atoms with Gasteiger partial charge < -0.3 is 5.32 Å². The minimum atomic E-state index is -4.65. The van der Waals surface area contributed by atoms with Crippen molar-refractivity contribution in [3.05, 3.63) is 62.1 Å². The van der Waals surface area contributed by atoms with E-state index in [-0.39, 0.29) is 33.3 Å². The fourth-order valence-corrected chi connectivity index (χ4v) is 3.02. The van der Waals surface area contributed by atoms with Gasteiger partial charge >= 0.3 is 11.9 Å².